The number of carbonyl (C=O) groups is 2. The number of carboxylic acids is 1. The summed E-state index contributed by atoms with van der Waals surface area (Å²) < 4.78 is 1.93. The van der Waals surface area contributed by atoms with Crippen LogP contribution in [0.1, 0.15) is 29.6 Å². The molecule has 1 aromatic heterocycles. The van der Waals surface area contributed by atoms with E-state index in [4.69, 9.17) is 5.11 Å². The molecule has 5 heteroatoms. The van der Waals surface area contributed by atoms with Gasteiger partial charge in [0, 0.05) is 36.6 Å². The predicted octanol–water partition coefficient (Wildman–Crippen LogP) is 2.46. The summed E-state index contributed by atoms with van der Waals surface area (Å²) in [7, 11) is 0. The standard InChI is InChI=1S/C16H18N2O3/c19-15(20)8-1-2-9-17-16(21)13-6-5-7-14(12-13)18-10-3-4-11-18/h3-7,10-12H,1-2,8-9H2,(H,17,21)(H,19,20). The van der Waals surface area contributed by atoms with E-state index in [9.17, 15) is 9.59 Å². The number of aliphatic carboxylic acids is 1. The number of carbonyl (C=O) groups excluding carboxylic acids is 1. The van der Waals surface area contributed by atoms with Gasteiger partial charge in [0.1, 0.15) is 0 Å². The van der Waals surface area contributed by atoms with Crippen molar-refractivity contribution in [1.82, 2.24) is 9.88 Å². The van der Waals surface area contributed by atoms with E-state index < -0.39 is 5.97 Å². The van der Waals surface area contributed by atoms with Crippen molar-refractivity contribution in [2.75, 3.05) is 6.54 Å². The molecule has 5 nitrogen and oxygen atoms in total. The van der Waals surface area contributed by atoms with E-state index in [2.05, 4.69) is 5.32 Å². The number of rotatable bonds is 7. The molecule has 0 saturated carbocycles. The van der Waals surface area contributed by atoms with Gasteiger partial charge < -0.3 is 15.0 Å². The summed E-state index contributed by atoms with van der Waals surface area (Å²) in [5.41, 5.74) is 1.53. The fraction of sp³-hybridized carbons (Fsp3) is 0.250. The van der Waals surface area contributed by atoms with Crippen LogP contribution in [0.15, 0.2) is 48.8 Å². The number of carboxylic acid groups (broad SMARTS) is 1. The fourth-order valence-corrected chi connectivity index (χ4v) is 2.02. The summed E-state index contributed by atoms with van der Waals surface area (Å²) in [5, 5.41) is 11.3. The molecule has 0 aliphatic carbocycles. The Morgan fingerprint density at radius 3 is 2.57 bits per heavy atom. The van der Waals surface area contributed by atoms with Gasteiger partial charge in [-0.2, -0.15) is 0 Å². The lowest BCUT2D eigenvalue weighted by molar-refractivity contribution is -0.137. The zero-order chi connectivity index (χ0) is 15.1. The number of nitrogens with one attached hydrogen (secondary N) is 1. The monoisotopic (exact) mass is 286 g/mol. The zero-order valence-electron chi connectivity index (χ0n) is 11.7. The number of benzene rings is 1. The van der Waals surface area contributed by atoms with Crippen LogP contribution in [-0.2, 0) is 4.79 Å². The Balaban J connectivity index is 1.88. The van der Waals surface area contributed by atoms with E-state index in [-0.39, 0.29) is 12.3 Å². The van der Waals surface area contributed by atoms with Crippen LogP contribution in [0.25, 0.3) is 5.69 Å². The van der Waals surface area contributed by atoms with E-state index in [1.54, 1.807) is 6.07 Å². The van der Waals surface area contributed by atoms with Crippen LogP contribution in [0.5, 0.6) is 0 Å². The first-order chi connectivity index (χ1) is 10.2. The maximum atomic E-state index is 12.0. The zero-order valence-corrected chi connectivity index (χ0v) is 11.7. The largest absolute Gasteiger partial charge is 0.481 e. The molecule has 0 fully saturated rings. The molecule has 0 bridgehead atoms. The molecular weight excluding hydrogens is 268 g/mol. The Hall–Kier alpha value is -2.56. The lowest BCUT2D eigenvalue weighted by Gasteiger charge is -2.07. The molecule has 0 unspecified atom stereocenters. The minimum atomic E-state index is -0.805. The normalized spacial score (nSPS) is 10.3. The number of unbranched alkanes of at least 4 members (excludes halogenated alkanes) is 1. The van der Waals surface area contributed by atoms with E-state index in [0.717, 1.165) is 5.69 Å². The third-order valence-corrected chi connectivity index (χ3v) is 3.11. The average Bonchev–Trinajstić information content (AvgIpc) is 3.01. The first-order valence-corrected chi connectivity index (χ1v) is 6.90. The molecule has 0 aliphatic rings. The van der Waals surface area contributed by atoms with Crippen molar-refractivity contribution < 1.29 is 14.7 Å². The smallest absolute Gasteiger partial charge is 0.303 e. The third kappa shape index (κ3) is 4.49. The highest BCUT2D eigenvalue weighted by Gasteiger charge is 2.06. The Morgan fingerprint density at radius 2 is 1.86 bits per heavy atom. The highest BCUT2D eigenvalue weighted by atomic mass is 16.4. The molecule has 110 valence electrons. The number of aromatic nitrogens is 1. The lowest BCUT2D eigenvalue weighted by atomic mass is 10.1. The van der Waals surface area contributed by atoms with Crippen molar-refractivity contribution in [3.63, 3.8) is 0 Å². The van der Waals surface area contributed by atoms with Gasteiger partial charge in [-0.05, 0) is 43.2 Å². The van der Waals surface area contributed by atoms with Crippen molar-refractivity contribution >= 4 is 11.9 Å². The van der Waals surface area contributed by atoms with Crippen molar-refractivity contribution in [2.45, 2.75) is 19.3 Å². The topological polar surface area (TPSA) is 71.3 Å². The molecular formula is C16H18N2O3. The summed E-state index contributed by atoms with van der Waals surface area (Å²) in [5.74, 6) is -0.944. The molecule has 2 rings (SSSR count). The Kier molecular flexibility index (Phi) is 5.15. The minimum absolute atomic E-state index is 0.138. The highest BCUT2D eigenvalue weighted by molar-refractivity contribution is 5.94. The third-order valence-electron chi connectivity index (χ3n) is 3.11. The van der Waals surface area contributed by atoms with Crippen LogP contribution in [-0.4, -0.2) is 28.1 Å². The van der Waals surface area contributed by atoms with E-state index in [1.165, 1.54) is 0 Å². The van der Waals surface area contributed by atoms with Gasteiger partial charge in [0.15, 0.2) is 0 Å². The van der Waals surface area contributed by atoms with Crippen LogP contribution in [0.2, 0.25) is 0 Å². The quantitative estimate of drug-likeness (QED) is 0.768. The van der Waals surface area contributed by atoms with Gasteiger partial charge in [-0.25, -0.2) is 0 Å². The lowest BCUT2D eigenvalue weighted by Crippen LogP contribution is -2.24. The number of hydrogen-bond donors (Lipinski definition) is 2. The molecule has 0 saturated heterocycles. The maximum Gasteiger partial charge on any atom is 0.303 e. The van der Waals surface area contributed by atoms with Crippen molar-refractivity contribution in [3.8, 4) is 5.69 Å². The van der Waals surface area contributed by atoms with E-state index >= 15 is 0 Å². The molecule has 0 aliphatic heterocycles. The Labute approximate surface area is 123 Å². The number of amides is 1. The van der Waals surface area contributed by atoms with Crippen LogP contribution in [0.3, 0.4) is 0 Å². The molecule has 1 heterocycles. The van der Waals surface area contributed by atoms with Gasteiger partial charge in [-0.1, -0.05) is 6.07 Å². The second-order valence-corrected chi connectivity index (χ2v) is 4.75. The Morgan fingerprint density at radius 1 is 1.10 bits per heavy atom. The first kappa shape index (κ1) is 14.8. The minimum Gasteiger partial charge on any atom is -0.481 e. The van der Waals surface area contributed by atoms with Crippen molar-refractivity contribution in [3.05, 3.63) is 54.4 Å². The molecule has 0 spiro atoms. The van der Waals surface area contributed by atoms with Gasteiger partial charge >= 0.3 is 5.97 Å². The second-order valence-electron chi connectivity index (χ2n) is 4.75. The molecule has 0 radical (unpaired) electrons. The molecule has 1 amide bonds. The van der Waals surface area contributed by atoms with Gasteiger partial charge in [0.05, 0.1) is 0 Å². The van der Waals surface area contributed by atoms with E-state index in [1.807, 2.05) is 47.3 Å². The summed E-state index contributed by atoms with van der Waals surface area (Å²) in [6.07, 6.45) is 5.21. The second kappa shape index (κ2) is 7.28. The van der Waals surface area contributed by atoms with Crippen LogP contribution in [0, 0.1) is 0 Å². The van der Waals surface area contributed by atoms with Crippen LogP contribution < -0.4 is 5.32 Å². The first-order valence-electron chi connectivity index (χ1n) is 6.90. The van der Waals surface area contributed by atoms with E-state index in [0.29, 0.717) is 24.9 Å². The van der Waals surface area contributed by atoms with Crippen LogP contribution in [0.4, 0.5) is 0 Å². The number of hydrogen-bond acceptors (Lipinski definition) is 2. The maximum absolute atomic E-state index is 12.0. The SMILES string of the molecule is O=C(O)CCCCNC(=O)c1cccc(-n2cccc2)c1. The fourth-order valence-electron chi connectivity index (χ4n) is 2.02. The Bertz CT molecular complexity index is 606. The van der Waals surface area contributed by atoms with Crippen LogP contribution >= 0.6 is 0 Å². The summed E-state index contributed by atoms with van der Waals surface area (Å²) in [6, 6.07) is 11.2. The summed E-state index contributed by atoms with van der Waals surface area (Å²) in [6.45, 7) is 0.486. The van der Waals surface area contributed by atoms with Gasteiger partial charge in [-0.3, -0.25) is 9.59 Å². The number of nitrogens with zero attached hydrogens (tertiary/aromatic N) is 1. The van der Waals surface area contributed by atoms with Crippen molar-refractivity contribution in [1.29, 1.82) is 0 Å². The summed E-state index contributed by atoms with van der Waals surface area (Å²) in [4.78, 5) is 22.4. The molecule has 2 N–H and O–H groups in total. The summed E-state index contributed by atoms with van der Waals surface area (Å²) >= 11 is 0. The average molecular weight is 286 g/mol. The molecule has 21 heavy (non-hydrogen) atoms. The predicted molar refractivity (Wildman–Crippen MR) is 79.6 cm³/mol. The molecule has 2 aromatic rings. The van der Waals surface area contributed by atoms with Crippen molar-refractivity contribution in [2.24, 2.45) is 0 Å². The molecule has 1 aromatic carbocycles. The van der Waals surface area contributed by atoms with Gasteiger partial charge in [-0.15, -0.1) is 0 Å². The molecule has 0 atom stereocenters. The highest BCUT2D eigenvalue weighted by Crippen LogP contribution is 2.11. The van der Waals surface area contributed by atoms with Gasteiger partial charge in [0.2, 0.25) is 0 Å². The van der Waals surface area contributed by atoms with Gasteiger partial charge in [0.25, 0.3) is 5.91 Å².